The van der Waals surface area contributed by atoms with Crippen LogP contribution in [0.4, 0.5) is 26.3 Å². The fourth-order valence-corrected chi connectivity index (χ4v) is 12.7. The van der Waals surface area contributed by atoms with Crippen LogP contribution in [-0.4, -0.2) is 12.6 Å². The second kappa shape index (κ2) is 15.0. The minimum absolute atomic E-state index is 0.518. The molecular formula is C48H38F6P2. The van der Waals surface area contributed by atoms with Crippen molar-refractivity contribution in [1.29, 1.82) is 0 Å². The van der Waals surface area contributed by atoms with Gasteiger partial charge in [-0.3, -0.25) is 0 Å². The standard InChI is InChI=1S/C48H38F6P2/c1-33-5-21-41(22-6-33)55(3,42-23-7-34(2)8-24-42)43-25-13-37(14-26-43)35-9-11-36(12-10-35)38-15-27-44(28-16-38)56(4,45-29-17-39(18-30-45)47(49,50)51)46-31-19-40(20-32-46)48(52,53)54/h5-32H,3-4H2,1-2H3. The summed E-state index contributed by atoms with van der Waals surface area (Å²) in [6, 6.07) is 51.2. The zero-order valence-electron chi connectivity index (χ0n) is 30.7. The third-order valence-electron chi connectivity index (χ3n) is 10.4. The maximum absolute atomic E-state index is 13.4. The predicted molar refractivity (Wildman–Crippen MR) is 228 cm³/mol. The van der Waals surface area contributed by atoms with Crippen molar-refractivity contribution in [2.75, 3.05) is 0 Å². The molecule has 0 amide bonds. The van der Waals surface area contributed by atoms with E-state index in [9.17, 15) is 26.3 Å². The Hall–Kier alpha value is -5.28. The molecule has 0 saturated heterocycles. The van der Waals surface area contributed by atoms with Crippen LogP contribution < -0.4 is 31.8 Å². The summed E-state index contributed by atoms with van der Waals surface area (Å²) in [5.74, 6) is 0. The molecular weight excluding hydrogens is 752 g/mol. The highest BCUT2D eigenvalue weighted by molar-refractivity contribution is 7.93. The normalized spacial score (nSPS) is 12.4. The fraction of sp³-hybridized carbons (Fsp3) is 0.0833. The van der Waals surface area contributed by atoms with Gasteiger partial charge in [0.25, 0.3) is 0 Å². The maximum atomic E-state index is 13.4. The Bertz CT molecular complexity index is 2440. The number of rotatable bonds is 8. The molecule has 0 atom stereocenters. The Morgan fingerprint density at radius 3 is 0.696 bits per heavy atom. The molecule has 0 saturated carbocycles. The molecule has 0 spiro atoms. The van der Waals surface area contributed by atoms with Crippen molar-refractivity contribution in [3.63, 3.8) is 0 Å². The van der Waals surface area contributed by atoms with Crippen molar-refractivity contribution in [3.8, 4) is 22.3 Å². The highest BCUT2D eigenvalue weighted by Crippen LogP contribution is 2.45. The highest BCUT2D eigenvalue weighted by atomic mass is 31.2. The van der Waals surface area contributed by atoms with E-state index >= 15 is 0 Å². The molecule has 7 rings (SSSR count). The molecule has 0 N–H and O–H groups in total. The predicted octanol–water partition coefficient (Wildman–Crippen LogP) is 11.1. The molecule has 0 aliphatic rings. The van der Waals surface area contributed by atoms with Crippen LogP contribution in [0, 0.1) is 13.8 Å². The van der Waals surface area contributed by atoms with Gasteiger partial charge < -0.3 is 0 Å². The van der Waals surface area contributed by atoms with Crippen LogP contribution in [0.25, 0.3) is 22.3 Å². The number of aryl methyl sites for hydroxylation is 2. The molecule has 0 aromatic heterocycles. The van der Waals surface area contributed by atoms with Crippen molar-refractivity contribution in [1.82, 2.24) is 0 Å². The van der Waals surface area contributed by atoms with E-state index < -0.39 is 37.3 Å². The van der Waals surface area contributed by atoms with E-state index in [-0.39, 0.29) is 0 Å². The Labute approximate surface area is 324 Å². The third-order valence-corrected chi connectivity index (χ3v) is 17.5. The monoisotopic (exact) mass is 790 g/mol. The second-order valence-corrected chi connectivity index (χ2v) is 20.4. The Kier molecular flexibility index (Phi) is 10.4. The summed E-state index contributed by atoms with van der Waals surface area (Å²) in [6.45, 7) is -0.848. The lowest BCUT2D eigenvalue weighted by atomic mass is 10.0. The summed E-state index contributed by atoms with van der Waals surface area (Å²) in [5.41, 5.74) is 4.75. The molecule has 0 fully saturated rings. The van der Waals surface area contributed by atoms with Crippen LogP contribution in [-0.2, 0) is 12.4 Å². The molecule has 56 heavy (non-hydrogen) atoms. The van der Waals surface area contributed by atoms with Crippen LogP contribution in [0.5, 0.6) is 0 Å². The molecule has 8 heteroatoms. The summed E-state index contributed by atoms with van der Waals surface area (Å²) >= 11 is 0. The molecule has 0 aliphatic heterocycles. The molecule has 0 bridgehead atoms. The first-order chi connectivity index (χ1) is 26.6. The van der Waals surface area contributed by atoms with Crippen molar-refractivity contribution in [3.05, 3.63) is 192 Å². The lowest BCUT2D eigenvalue weighted by Gasteiger charge is -2.27. The fourth-order valence-electron chi connectivity index (χ4n) is 6.97. The van der Waals surface area contributed by atoms with Crippen molar-refractivity contribution in [2.45, 2.75) is 26.2 Å². The van der Waals surface area contributed by atoms with Gasteiger partial charge in [0.15, 0.2) is 0 Å². The average Bonchev–Trinajstić information content (AvgIpc) is 3.20. The molecule has 7 aromatic carbocycles. The van der Waals surface area contributed by atoms with E-state index in [0.717, 1.165) is 51.8 Å². The van der Waals surface area contributed by atoms with Crippen LogP contribution in [0.15, 0.2) is 170 Å². The summed E-state index contributed by atoms with van der Waals surface area (Å²) in [7, 11) is 0. The second-order valence-electron chi connectivity index (χ2n) is 14.1. The first-order valence-electron chi connectivity index (χ1n) is 17.9. The molecule has 0 unspecified atom stereocenters. The topological polar surface area (TPSA) is 0 Å². The van der Waals surface area contributed by atoms with Gasteiger partial charge in [0.05, 0.1) is 11.1 Å². The largest absolute Gasteiger partial charge is 0.416 e. The summed E-state index contributed by atoms with van der Waals surface area (Å²) in [4.78, 5) is 0. The van der Waals surface area contributed by atoms with Gasteiger partial charge in [0, 0.05) is 0 Å². The van der Waals surface area contributed by atoms with E-state index in [0.29, 0.717) is 10.6 Å². The molecule has 0 heterocycles. The highest BCUT2D eigenvalue weighted by Gasteiger charge is 2.33. The van der Waals surface area contributed by atoms with E-state index in [1.165, 1.54) is 51.3 Å². The van der Waals surface area contributed by atoms with Gasteiger partial charge in [-0.25, -0.2) is 0 Å². The van der Waals surface area contributed by atoms with Crippen molar-refractivity contribution < 1.29 is 26.3 Å². The number of benzene rings is 7. The van der Waals surface area contributed by atoms with Crippen molar-refractivity contribution >= 4 is 58.2 Å². The number of hydrogen-bond acceptors (Lipinski definition) is 0. The van der Waals surface area contributed by atoms with Gasteiger partial charge >= 0.3 is 12.4 Å². The molecule has 0 nitrogen and oxygen atoms in total. The number of hydrogen-bond donors (Lipinski definition) is 0. The van der Waals surface area contributed by atoms with Gasteiger partial charge in [-0.15, -0.1) is 0 Å². The first-order valence-corrected chi connectivity index (χ1v) is 21.8. The van der Waals surface area contributed by atoms with E-state index in [4.69, 9.17) is 6.30 Å². The first kappa shape index (κ1) is 39.0. The Balaban J connectivity index is 1.18. The third kappa shape index (κ3) is 7.61. The molecule has 0 radical (unpaired) electrons. The van der Waals surface area contributed by atoms with Gasteiger partial charge in [-0.1, -0.05) is 169 Å². The number of alkyl halides is 6. The van der Waals surface area contributed by atoms with Gasteiger partial charge in [-0.05, 0) is 106 Å². The quantitative estimate of drug-likeness (QED) is 0.106. The van der Waals surface area contributed by atoms with Gasteiger partial charge in [0.1, 0.15) is 0 Å². The lowest BCUT2D eigenvalue weighted by molar-refractivity contribution is -0.138. The Morgan fingerprint density at radius 2 is 0.482 bits per heavy atom. The van der Waals surface area contributed by atoms with E-state index in [1.54, 1.807) is 0 Å². The lowest BCUT2D eigenvalue weighted by Crippen LogP contribution is -2.26. The summed E-state index contributed by atoms with van der Waals surface area (Å²) in [6.07, 6.45) is 0.358. The van der Waals surface area contributed by atoms with Crippen LogP contribution in [0.2, 0.25) is 0 Å². The minimum Gasteiger partial charge on any atom is -0.166 e. The van der Waals surface area contributed by atoms with Gasteiger partial charge in [0.2, 0.25) is 0 Å². The smallest absolute Gasteiger partial charge is 0.166 e. The summed E-state index contributed by atoms with van der Waals surface area (Å²) in [5, 5.41) is 5.37. The van der Waals surface area contributed by atoms with Crippen LogP contribution in [0.3, 0.4) is 0 Å². The minimum atomic E-state index is -4.53. The number of halogens is 6. The molecule has 282 valence electrons. The van der Waals surface area contributed by atoms with E-state index in [2.05, 4.69) is 105 Å². The van der Waals surface area contributed by atoms with Crippen LogP contribution >= 0.6 is 13.8 Å². The zero-order chi connectivity index (χ0) is 39.9. The Morgan fingerprint density at radius 1 is 0.304 bits per heavy atom. The van der Waals surface area contributed by atoms with Crippen molar-refractivity contribution in [2.24, 2.45) is 0 Å². The van der Waals surface area contributed by atoms with Crippen LogP contribution in [0.1, 0.15) is 22.3 Å². The molecule has 7 aromatic rings. The van der Waals surface area contributed by atoms with E-state index in [1.807, 2.05) is 36.4 Å². The SMILES string of the molecule is C=P(c1ccc(C)cc1)(c1ccc(C)cc1)c1ccc(-c2ccc(-c3ccc(P(=C)(c4ccc(C(F)(F)F)cc4)c4ccc(C(F)(F)F)cc4)cc3)cc2)cc1. The summed E-state index contributed by atoms with van der Waals surface area (Å²) < 4.78 is 80.6. The maximum Gasteiger partial charge on any atom is 0.416 e. The average molecular weight is 791 g/mol. The van der Waals surface area contributed by atoms with Gasteiger partial charge in [-0.2, -0.15) is 26.3 Å². The molecule has 0 aliphatic carbocycles. The zero-order valence-corrected chi connectivity index (χ0v) is 32.5.